The lowest BCUT2D eigenvalue weighted by molar-refractivity contribution is 0.194. The topological polar surface area (TPSA) is 171 Å². The molecule has 0 atom stereocenters. The number of carboxylic acid groups (broad SMARTS) is 1. The number of amides is 1. The number of nitrogens with one attached hydrogen (secondary N) is 1. The number of nitrogen functional groups attached to an aromatic ring is 2. The molecule has 4 rings (SSSR count). The summed E-state index contributed by atoms with van der Waals surface area (Å²) in [6.07, 6.45) is 1.76. The van der Waals surface area contributed by atoms with Crippen molar-refractivity contribution in [3.05, 3.63) is 24.5 Å². The summed E-state index contributed by atoms with van der Waals surface area (Å²) in [5.41, 5.74) is 15.0. The molecule has 28 heavy (non-hydrogen) atoms. The Morgan fingerprint density at radius 2 is 2.11 bits per heavy atom. The lowest BCUT2D eigenvalue weighted by Gasteiger charge is -2.03. The summed E-state index contributed by atoms with van der Waals surface area (Å²) in [5.74, 6) is 0.332. The quantitative estimate of drug-likeness (QED) is 0.363. The third kappa shape index (κ3) is 3.24. The Morgan fingerprint density at radius 3 is 2.93 bits per heavy atom. The number of aromatic nitrogens is 5. The number of nitrogens with two attached hydrogens (primary N) is 2. The van der Waals surface area contributed by atoms with E-state index in [4.69, 9.17) is 21.0 Å². The van der Waals surface area contributed by atoms with Gasteiger partial charge in [0.15, 0.2) is 11.2 Å². The number of aryl methyl sites for hydroxylation is 1. The predicted octanol–water partition coefficient (Wildman–Crippen LogP) is 1.85. The Balaban J connectivity index is 1.68. The number of benzene rings is 1. The highest BCUT2D eigenvalue weighted by Gasteiger charge is 2.18. The highest BCUT2D eigenvalue weighted by molar-refractivity contribution is 5.99. The van der Waals surface area contributed by atoms with E-state index >= 15 is 0 Å². The molecule has 0 radical (unpaired) electrons. The summed E-state index contributed by atoms with van der Waals surface area (Å²) in [7, 11) is 0. The third-order valence-corrected chi connectivity index (χ3v) is 4.31. The van der Waals surface area contributed by atoms with Crippen molar-refractivity contribution >= 4 is 40.1 Å². The van der Waals surface area contributed by atoms with Crippen LogP contribution in [0.2, 0.25) is 0 Å². The van der Waals surface area contributed by atoms with Gasteiger partial charge in [-0.25, -0.2) is 19.4 Å². The first kappa shape index (κ1) is 17.5. The molecule has 0 aliphatic rings. The summed E-state index contributed by atoms with van der Waals surface area (Å²) >= 11 is 0. The molecule has 0 saturated carbocycles. The van der Waals surface area contributed by atoms with Crippen LogP contribution in [0.25, 0.3) is 33.4 Å². The number of carbonyl (C=O) groups is 1. The van der Waals surface area contributed by atoms with Crippen molar-refractivity contribution in [2.45, 2.75) is 19.4 Å². The van der Waals surface area contributed by atoms with Gasteiger partial charge < -0.3 is 26.3 Å². The van der Waals surface area contributed by atoms with Crippen molar-refractivity contribution in [3.8, 4) is 11.3 Å². The van der Waals surface area contributed by atoms with E-state index in [1.54, 1.807) is 10.7 Å². The second kappa shape index (κ2) is 7.02. The Bertz CT molecular complexity index is 1170. The Morgan fingerprint density at radius 1 is 1.25 bits per heavy atom. The molecule has 0 unspecified atom stereocenters. The molecule has 3 aromatic heterocycles. The normalized spacial score (nSPS) is 11.3. The average Bonchev–Trinajstić information content (AvgIpc) is 3.21. The molecule has 11 nitrogen and oxygen atoms in total. The molecular formula is C17H18N8O3. The van der Waals surface area contributed by atoms with Gasteiger partial charge in [-0.1, -0.05) is 0 Å². The molecule has 0 bridgehead atoms. The lowest BCUT2D eigenvalue weighted by atomic mass is 10.1. The average molecular weight is 382 g/mol. The van der Waals surface area contributed by atoms with Crippen LogP contribution in [-0.4, -0.2) is 42.5 Å². The number of anilines is 2. The number of nitrogens with zero attached hydrogens (tertiary/aromatic N) is 5. The zero-order valence-electron chi connectivity index (χ0n) is 14.8. The van der Waals surface area contributed by atoms with Gasteiger partial charge in [0.05, 0.1) is 5.39 Å². The standard InChI is InChI=1S/C17H18N8O3/c18-14-12-13(9-3-4-11-10(7-9)23-16(19)28-11)24-25(15(12)22-8-21-14)6-2-1-5-20-17(26)27/h3-4,7-8,20H,1-2,5-6H2,(H2,19,23)(H,26,27)(H2,18,21,22). The molecule has 3 heterocycles. The fraction of sp³-hybridized carbons (Fsp3) is 0.235. The van der Waals surface area contributed by atoms with E-state index in [9.17, 15) is 4.79 Å². The Kier molecular flexibility index (Phi) is 4.39. The van der Waals surface area contributed by atoms with Crippen LogP contribution >= 0.6 is 0 Å². The van der Waals surface area contributed by atoms with Gasteiger partial charge in [0.25, 0.3) is 6.01 Å². The van der Waals surface area contributed by atoms with E-state index in [0.29, 0.717) is 53.2 Å². The van der Waals surface area contributed by atoms with Gasteiger partial charge in [-0.2, -0.15) is 10.1 Å². The number of hydrogen-bond acceptors (Lipinski definition) is 8. The SMILES string of the molecule is Nc1nc2cc(-c3nn(CCCCNC(=O)O)c4ncnc(N)c34)ccc2o1. The Hall–Kier alpha value is -3.89. The highest BCUT2D eigenvalue weighted by Crippen LogP contribution is 2.32. The van der Waals surface area contributed by atoms with E-state index < -0.39 is 6.09 Å². The molecule has 0 fully saturated rings. The van der Waals surface area contributed by atoms with Crippen molar-refractivity contribution in [2.75, 3.05) is 18.0 Å². The molecule has 1 amide bonds. The first-order valence-corrected chi connectivity index (χ1v) is 8.63. The van der Waals surface area contributed by atoms with Crippen LogP contribution in [0.3, 0.4) is 0 Å². The van der Waals surface area contributed by atoms with Crippen molar-refractivity contribution in [2.24, 2.45) is 0 Å². The third-order valence-electron chi connectivity index (χ3n) is 4.31. The minimum Gasteiger partial charge on any atom is -0.465 e. The molecule has 0 aliphatic heterocycles. The second-order valence-corrected chi connectivity index (χ2v) is 6.20. The predicted molar refractivity (Wildman–Crippen MR) is 102 cm³/mol. The van der Waals surface area contributed by atoms with Gasteiger partial charge in [0.1, 0.15) is 23.4 Å². The number of unbranched alkanes of at least 4 members (excludes halogenated alkanes) is 1. The molecule has 0 spiro atoms. The molecule has 1 aromatic carbocycles. The van der Waals surface area contributed by atoms with E-state index in [-0.39, 0.29) is 6.01 Å². The summed E-state index contributed by atoms with van der Waals surface area (Å²) in [6.45, 7) is 0.941. The van der Waals surface area contributed by atoms with E-state index in [1.807, 2.05) is 12.1 Å². The largest absolute Gasteiger partial charge is 0.465 e. The van der Waals surface area contributed by atoms with E-state index in [0.717, 1.165) is 12.0 Å². The molecule has 11 heteroatoms. The zero-order valence-corrected chi connectivity index (χ0v) is 14.8. The van der Waals surface area contributed by atoms with Gasteiger partial charge in [-0.05, 0) is 31.0 Å². The fourth-order valence-corrected chi connectivity index (χ4v) is 3.06. The molecule has 0 aliphatic carbocycles. The zero-order chi connectivity index (χ0) is 19.7. The maximum atomic E-state index is 10.5. The van der Waals surface area contributed by atoms with E-state index in [2.05, 4.69) is 25.4 Å². The molecular weight excluding hydrogens is 364 g/mol. The summed E-state index contributed by atoms with van der Waals surface area (Å²) in [4.78, 5) is 23.1. The molecule has 6 N–H and O–H groups in total. The van der Waals surface area contributed by atoms with Crippen LogP contribution in [0, 0.1) is 0 Å². The van der Waals surface area contributed by atoms with Crippen LogP contribution < -0.4 is 16.8 Å². The van der Waals surface area contributed by atoms with E-state index in [1.165, 1.54) is 6.33 Å². The van der Waals surface area contributed by atoms with Crippen LogP contribution in [0.15, 0.2) is 28.9 Å². The van der Waals surface area contributed by atoms with Gasteiger partial charge in [0.2, 0.25) is 0 Å². The van der Waals surface area contributed by atoms with Crippen molar-refractivity contribution < 1.29 is 14.3 Å². The molecule has 4 aromatic rings. The van der Waals surface area contributed by atoms with Gasteiger partial charge in [0, 0.05) is 18.7 Å². The maximum Gasteiger partial charge on any atom is 0.404 e. The summed E-state index contributed by atoms with van der Waals surface area (Å²) < 4.78 is 7.07. The van der Waals surface area contributed by atoms with Gasteiger partial charge >= 0.3 is 6.09 Å². The molecule has 144 valence electrons. The number of rotatable bonds is 6. The maximum absolute atomic E-state index is 10.5. The number of oxazole rings is 1. The first-order chi connectivity index (χ1) is 13.5. The van der Waals surface area contributed by atoms with Gasteiger partial charge in [-0.15, -0.1) is 0 Å². The lowest BCUT2D eigenvalue weighted by Crippen LogP contribution is -2.22. The summed E-state index contributed by atoms with van der Waals surface area (Å²) in [5, 5.41) is 16.3. The number of hydrogen-bond donors (Lipinski definition) is 4. The van der Waals surface area contributed by atoms with Gasteiger partial charge in [-0.3, -0.25) is 0 Å². The fourth-order valence-electron chi connectivity index (χ4n) is 3.06. The first-order valence-electron chi connectivity index (χ1n) is 8.63. The van der Waals surface area contributed by atoms with Crippen molar-refractivity contribution in [1.82, 2.24) is 30.0 Å². The summed E-state index contributed by atoms with van der Waals surface area (Å²) in [6, 6.07) is 5.55. The minimum absolute atomic E-state index is 0.0976. The van der Waals surface area contributed by atoms with Crippen LogP contribution in [-0.2, 0) is 6.54 Å². The minimum atomic E-state index is -1.03. The number of fused-ring (bicyclic) bond motifs is 2. The van der Waals surface area contributed by atoms with Crippen molar-refractivity contribution in [1.29, 1.82) is 0 Å². The molecule has 0 saturated heterocycles. The van der Waals surface area contributed by atoms with Crippen LogP contribution in [0.5, 0.6) is 0 Å². The smallest absolute Gasteiger partial charge is 0.404 e. The monoisotopic (exact) mass is 382 g/mol. The van der Waals surface area contributed by atoms with Crippen molar-refractivity contribution in [3.63, 3.8) is 0 Å². The second-order valence-electron chi connectivity index (χ2n) is 6.20. The van der Waals surface area contributed by atoms with Crippen LogP contribution in [0.1, 0.15) is 12.8 Å². The Labute approximate surface area is 158 Å². The van der Waals surface area contributed by atoms with Crippen LogP contribution in [0.4, 0.5) is 16.6 Å². The highest BCUT2D eigenvalue weighted by atomic mass is 16.4.